The first-order chi connectivity index (χ1) is 20.8. The maximum atomic E-state index is 6.35. The second kappa shape index (κ2) is 8.95. The number of hydrogen-bond donors (Lipinski definition) is 0. The zero-order valence-electron chi connectivity index (χ0n) is 22.7. The van der Waals surface area contributed by atoms with Crippen molar-refractivity contribution in [2.24, 2.45) is 0 Å². The summed E-state index contributed by atoms with van der Waals surface area (Å²) < 4.78 is 12.0. The van der Waals surface area contributed by atoms with Gasteiger partial charge in [0.15, 0.2) is 0 Å². The highest BCUT2D eigenvalue weighted by atomic mass is 16.3. The Morgan fingerprint density at radius 2 is 0.881 bits per heavy atom. The summed E-state index contributed by atoms with van der Waals surface area (Å²) in [6, 6.07) is 49.8. The largest absolute Gasteiger partial charge is 0.464 e. The van der Waals surface area contributed by atoms with Crippen molar-refractivity contribution in [2.75, 3.05) is 0 Å². The first-order valence-electron chi connectivity index (χ1n) is 14.3. The molecule has 0 radical (unpaired) electrons. The lowest BCUT2D eigenvalue weighted by atomic mass is 9.85. The normalized spacial score (nSPS) is 11.8. The third-order valence-corrected chi connectivity index (χ3v) is 8.57. The molecule has 0 atom stereocenters. The Labute approximate surface area is 242 Å². The summed E-state index contributed by atoms with van der Waals surface area (Å²) in [5.41, 5.74) is 9.94. The van der Waals surface area contributed by atoms with Crippen molar-refractivity contribution >= 4 is 54.5 Å². The highest BCUT2D eigenvalue weighted by Crippen LogP contribution is 2.45. The van der Waals surface area contributed by atoms with Gasteiger partial charge >= 0.3 is 0 Å². The highest BCUT2D eigenvalue weighted by Gasteiger charge is 2.18. The monoisotopic (exact) mass is 536 g/mol. The fraction of sp³-hybridized carbons (Fsp3) is 0. The van der Waals surface area contributed by atoms with E-state index in [2.05, 4.69) is 127 Å². The van der Waals surface area contributed by atoms with Gasteiger partial charge in [0.25, 0.3) is 0 Å². The van der Waals surface area contributed by atoms with Crippen LogP contribution >= 0.6 is 0 Å². The molecule has 0 saturated carbocycles. The van der Waals surface area contributed by atoms with E-state index in [9.17, 15) is 0 Å². The topological polar surface area (TPSA) is 26.3 Å². The standard InChI is InChI=1S/C40H24O2/c1-2-8-25(9-3-1)26-14-16-27(17-15-26)38-29-10-4-6-12-31(29)39(32-13-7-5-11-30(32)38)28-18-20-37-35(24-28)33-19-21-36-34(22-23-41-36)40(33)42-37/h1-24H. The maximum absolute atomic E-state index is 6.35. The van der Waals surface area contributed by atoms with Gasteiger partial charge in [0, 0.05) is 10.8 Å². The minimum atomic E-state index is 0.839. The van der Waals surface area contributed by atoms with Gasteiger partial charge in [-0.1, -0.05) is 109 Å². The second-order valence-corrected chi connectivity index (χ2v) is 10.9. The number of benzene rings is 7. The lowest BCUT2D eigenvalue weighted by Crippen LogP contribution is -1.91. The first-order valence-corrected chi connectivity index (χ1v) is 14.3. The molecule has 7 aromatic carbocycles. The van der Waals surface area contributed by atoms with Gasteiger partial charge in [-0.2, -0.15) is 0 Å². The molecule has 2 heterocycles. The summed E-state index contributed by atoms with van der Waals surface area (Å²) >= 11 is 0. The van der Waals surface area contributed by atoms with Crippen LogP contribution in [0.25, 0.3) is 87.8 Å². The van der Waals surface area contributed by atoms with Crippen LogP contribution in [0.2, 0.25) is 0 Å². The molecular formula is C40H24O2. The van der Waals surface area contributed by atoms with Gasteiger partial charge < -0.3 is 8.83 Å². The number of hydrogen-bond acceptors (Lipinski definition) is 2. The Kier molecular flexibility index (Phi) is 4.93. The van der Waals surface area contributed by atoms with E-state index >= 15 is 0 Å². The van der Waals surface area contributed by atoms with Gasteiger partial charge in [0.2, 0.25) is 0 Å². The Hall–Kier alpha value is -5.60. The molecule has 0 aliphatic heterocycles. The molecule has 0 bridgehead atoms. The molecule has 0 aliphatic carbocycles. The molecule has 0 fully saturated rings. The molecule has 0 spiro atoms. The first kappa shape index (κ1) is 23.1. The summed E-state index contributed by atoms with van der Waals surface area (Å²) in [5, 5.41) is 8.19. The molecular weight excluding hydrogens is 512 g/mol. The number of furan rings is 2. The van der Waals surface area contributed by atoms with Gasteiger partial charge in [-0.15, -0.1) is 0 Å². The molecule has 42 heavy (non-hydrogen) atoms. The van der Waals surface area contributed by atoms with E-state index in [1.54, 1.807) is 6.26 Å². The van der Waals surface area contributed by atoms with E-state index in [0.29, 0.717) is 0 Å². The Bertz CT molecular complexity index is 2380. The molecule has 9 rings (SSSR count). The third-order valence-electron chi connectivity index (χ3n) is 8.57. The number of fused-ring (bicyclic) bond motifs is 7. The molecule has 2 heteroatoms. The van der Waals surface area contributed by atoms with E-state index in [-0.39, 0.29) is 0 Å². The molecule has 196 valence electrons. The minimum absolute atomic E-state index is 0.839. The van der Waals surface area contributed by atoms with Crippen molar-refractivity contribution < 1.29 is 8.83 Å². The predicted octanol–water partition coefficient (Wildman–Crippen LogP) is 11.6. The molecule has 2 nitrogen and oxygen atoms in total. The van der Waals surface area contributed by atoms with Crippen molar-refractivity contribution in [2.45, 2.75) is 0 Å². The van der Waals surface area contributed by atoms with E-state index in [1.807, 2.05) is 12.1 Å². The Morgan fingerprint density at radius 1 is 0.333 bits per heavy atom. The average Bonchev–Trinajstić information content (AvgIpc) is 3.69. The maximum Gasteiger partial charge on any atom is 0.146 e. The summed E-state index contributed by atoms with van der Waals surface area (Å²) in [5.74, 6) is 0. The molecule has 0 unspecified atom stereocenters. The van der Waals surface area contributed by atoms with E-state index < -0.39 is 0 Å². The second-order valence-electron chi connectivity index (χ2n) is 10.9. The van der Waals surface area contributed by atoms with Gasteiger partial charge in [0.05, 0.1) is 11.6 Å². The van der Waals surface area contributed by atoms with Crippen molar-refractivity contribution in [1.82, 2.24) is 0 Å². The summed E-state index contributed by atoms with van der Waals surface area (Å²) in [4.78, 5) is 0. The molecule has 0 aliphatic rings. The van der Waals surface area contributed by atoms with E-state index in [1.165, 1.54) is 54.9 Å². The Morgan fingerprint density at radius 3 is 1.57 bits per heavy atom. The van der Waals surface area contributed by atoms with Crippen LogP contribution in [0.3, 0.4) is 0 Å². The molecule has 2 aromatic heterocycles. The lowest BCUT2D eigenvalue weighted by molar-refractivity contribution is 0.615. The highest BCUT2D eigenvalue weighted by molar-refractivity contribution is 6.22. The van der Waals surface area contributed by atoms with Crippen molar-refractivity contribution in [3.05, 3.63) is 146 Å². The van der Waals surface area contributed by atoms with Crippen LogP contribution in [0.5, 0.6) is 0 Å². The van der Waals surface area contributed by atoms with Crippen LogP contribution < -0.4 is 0 Å². The van der Waals surface area contributed by atoms with Crippen molar-refractivity contribution in [3.63, 3.8) is 0 Å². The summed E-state index contributed by atoms with van der Waals surface area (Å²) in [6.45, 7) is 0. The van der Waals surface area contributed by atoms with Gasteiger partial charge in [-0.3, -0.25) is 0 Å². The average molecular weight is 537 g/mol. The zero-order chi connectivity index (χ0) is 27.6. The van der Waals surface area contributed by atoms with Crippen LogP contribution in [0.4, 0.5) is 0 Å². The Balaban J connectivity index is 1.30. The van der Waals surface area contributed by atoms with Gasteiger partial charge in [-0.25, -0.2) is 0 Å². The van der Waals surface area contributed by atoms with Crippen LogP contribution in [0, 0.1) is 0 Å². The predicted molar refractivity (Wildman–Crippen MR) is 175 cm³/mol. The minimum Gasteiger partial charge on any atom is -0.464 e. The number of rotatable bonds is 3. The smallest absolute Gasteiger partial charge is 0.146 e. The molecule has 0 amide bonds. The summed E-state index contributed by atoms with van der Waals surface area (Å²) in [7, 11) is 0. The lowest BCUT2D eigenvalue weighted by Gasteiger charge is -2.18. The fourth-order valence-corrected chi connectivity index (χ4v) is 6.64. The van der Waals surface area contributed by atoms with Crippen molar-refractivity contribution in [3.8, 4) is 33.4 Å². The molecule has 0 saturated heterocycles. The van der Waals surface area contributed by atoms with Crippen LogP contribution in [-0.2, 0) is 0 Å². The van der Waals surface area contributed by atoms with Crippen LogP contribution in [-0.4, -0.2) is 0 Å². The molecule has 0 N–H and O–H groups in total. The van der Waals surface area contributed by atoms with E-state index in [4.69, 9.17) is 8.83 Å². The van der Waals surface area contributed by atoms with Gasteiger partial charge in [-0.05, 0) is 85.3 Å². The van der Waals surface area contributed by atoms with Crippen molar-refractivity contribution in [1.29, 1.82) is 0 Å². The molecule has 9 aromatic rings. The van der Waals surface area contributed by atoms with Crippen LogP contribution in [0.15, 0.2) is 155 Å². The quantitative estimate of drug-likeness (QED) is 0.210. The fourth-order valence-electron chi connectivity index (χ4n) is 6.64. The zero-order valence-corrected chi connectivity index (χ0v) is 22.7. The third kappa shape index (κ3) is 3.39. The SMILES string of the molecule is c1ccc(-c2ccc(-c3c4ccccc4c(-c4ccc5oc6c7ccoc7ccc6c5c4)c4ccccc34)cc2)cc1. The van der Waals surface area contributed by atoms with Crippen LogP contribution in [0.1, 0.15) is 0 Å². The van der Waals surface area contributed by atoms with E-state index in [0.717, 1.165) is 32.9 Å². The summed E-state index contributed by atoms with van der Waals surface area (Å²) in [6.07, 6.45) is 1.72. The van der Waals surface area contributed by atoms with Gasteiger partial charge in [0.1, 0.15) is 16.7 Å².